The van der Waals surface area contributed by atoms with Crippen LogP contribution < -0.4 is 4.74 Å². The van der Waals surface area contributed by atoms with Crippen molar-refractivity contribution in [1.82, 2.24) is 4.90 Å². The molecule has 0 heterocycles. The van der Waals surface area contributed by atoms with Crippen LogP contribution in [0.4, 0.5) is 4.79 Å². The third-order valence-electron chi connectivity index (χ3n) is 4.95. The van der Waals surface area contributed by atoms with Gasteiger partial charge in [0.05, 0.1) is 5.56 Å². The van der Waals surface area contributed by atoms with Crippen molar-refractivity contribution in [3.63, 3.8) is 0 Å². The minimum absolute atomic E-state index is 0.324. The van der Waals surface area contributed by atoms with Crippen molar-refractivity contribution in [3.05, 3.63) is 95.1 Å². The van der Waals surface area contributed by atoms with Gasteiger partial charge in [-0.25, -0.2) is 4.79 Å². The van der Waals surface area contributed by atoms with Gasteiger partial charge in [0, 0.05) is 13.1 Å². The molecule has 0 N–H and O–H groups in total. The number of hydrogen-bond acceptors (Lipinski definition) is 4. The standard InChI is InChI=1S/C28H30N2O3/c1-21-10-13-24(19-29)26(18-21)32-25-14-11-22(12-15-25)16-17-30(27(31)33-28(2,3)4)20-23-8-6-5-7-9-23/h5-15,18H,16-17,20H2,1-4H3. The van der Waals surface area contributed by atoms with E-state index in [-0.39, 0.29) is 6.09 Å². The maximum atomic E-state index is 12.8. The third kappa shape index (κ3) is 7.40. The smallest absolute Gasteiger partial charge is 0.410 e. The molecule has 0 aliphatic rings. The van der Waals surface area contributed by atoms with E-state index >= 15 is 0 Å². The fourth-order valence-corrected chi connectivity index (χ4v) is 3.29. The van der Waals surface area contributed by atoms with Crippen LogP contribution in [-0.2, 0) is 17.7 Å². The van der Waals surface area contributed by atoms with Crippen LogP contribution in [0.5, 0.6) is 11.5 Å². The Morgan fingerprint density at radius 1 is 0.970 bits per heavy atom. The van der Waals surface area contributed by atoms with Crippen LogP contribution in [0.3, 0.4) is 0 Å². The zero-order chi connectivity index (χ0) is 23.8. The summed E-state index contributed by atoms with van der Waals surface area (Å²) in [4.78, 5) is 14.5. The molecule has 0 spiro atoms. The molecule has 0 fully saturated rings. The van der Waals surface area contributed by atoms with Crippen LogP contribution in [0, 0.1) is 18.3 Å². The van der Waals surface area contributed by atoms with Gasteiger partial charge in [-0.1, -0.05) is 48.5 Å². The molecule has 3 aromatic rings. The Labute approximate surface area is 196 Å². The molecule has 0 atom stereocenters. The van der Waals surface area contributed by atoms with E-state index in [0.717, 1.165) is 16.7 Å². The average Bonchev–Trinajstić information content (AvgIpc) is 2.77. The molecule has 33 heavy (non-hydrogen) atoms. The molecule has 5 nitrogen and oxygen atoms in total. The number of rotatable bonds is 7. The lowest BCUT2D eigenvalue weighted by Gasteiger charge is -2.27. The van der Waals surface area contributed by atoms with E-state index in [1.54, 1.807) is 11.0 Å². The van der Waals surface area contributed by atoms with Crippen molar-refractivity contribution in [2.45, 2.75) is 46.3 Å². The molecule has 0 aromatic heterocycles. The molecular weight excluding hydrogens is 412 g/mol. The van der Waals surface area contributed by atoms with Crippen LogP contribution in [0.25, 0.3) is 0 Å². The summed E-state index contributed by atoms with van der Waals surface area (Å²) in [6, 6.07) is 25.3. The van der Waals surface area contributed by atoms with Crippen molar-refractivity contribution in [1.29, 1.82) is 5.26 Å². The first-order chi connectivity index (χ1) is 15.7. The Bertz CT molecular complexity index is 1110. The van der Waals surface area contributed by atoms with E-state index in [2.05, 4.69) is 6.07 Å². The minimum atomic E-state index is -0.552. The number of ether oxygens (including phenoxy) is 2. The van der Waals surface area contributed by atoms with E-state index in [9.17, 15) is 10.1 Å². The van der Waals surface area contributed by atoms with Crippen molar-refractivity contribution >= 4 is 6.09 Å². The second kappa shape index (κ2) is 10.7. The van der Waals surface area contributed by atoms with Crippen LogP contribution in [0.1, 0.15) is 43.0 Å². The number of nitrogens with zero attached hydrogens (tertiary/aromatic N) is 2. The highest BCUT2D eigenvalue weighted by molar-refractivity contribution is 5.68. The molecule has 0 aliphatic carbocycles. The third-order valence-corrected chi connectivity index (χ3v) is 4.95. The fourth-order valence-electron chi connectivity index (χ4n) is 3.29. The summed E-state index contributed by atoms with van der Waals surface area (Å²) in [5, 5.41) is 9.30. The van der Waals surface area contributed by atoms with E-state index in [1.807, 2.05) is 94.4 Å². The van der Waals surface area contributed by atoms with Gasteiger partial charge < -0.3 is 14.4 Å². The zero-order valence-electron chi connectivity index (χ0n) is 19.7. The van der Waals surface area contributed by atoms with E-state index < -0.39 is 5.60 Å². The molecule has 0 saturated heterocycles. The Hall–Kier alpha value is -3.78. The first-order valence-electron chi connectivity index (χ1n) is 11.0. The SMILES string of the molecule is Cc1ccc(C#N)c(Oc2ccc(CCN(Cc3ccccc3)C(=O)OC(C)(C)C)cc2)c1. The van der Waals surface area contributed by atoms with Crippen LogP contribution >= 0.6 is 0 Å². The Morgan fingerprint density at radius 2 is 1.67 bits per heavy atom. The van der Waals surface area contributed by atoms with Gasteiger partial charge in [-0.15, -0.1) is 0 Å². The normalized spacial score (nSPS) is 10.9. The number of benzene rings is 3. The Balaban J connectivity index is 1.67. The number of amides is 1. The highest BCUT2D eigenvalue weighted by atomic mass is 16.6. The van der Waals surface area contributed by atoms with E-state index in [0.29, 0.717) is 36.6 Å². The molecule has 0 saturated carbocycles. The highest BCUT2D eigenvalue weighted by Gasteiger charge is 2.22. The number of carbonyl (C=O) groups is 1. The average molecular weight is 443 g/mol. The number of hydrogen-bond donors (Lipinski definition) is 0. The summed E-state index contributed by atoms with van der Waals surface area (Å²) in [5.41, 5.74) is 3.11. The Kier molecular flexibility index (Phi) is 7.74. The fraction of sp³-hybridized carbons (Fsp3) is 0.286. The van der Waals surface area contributed by atoms with Gasteiger partial charge in [0.25, 0.3) is 0 Å². The van der Waals surface area contributed by atoms with Gasteiger partial charge in [0.15, 0.2) is 0 Å². The van der Waals surface area contributed by atoms with Gasteiger partial charge in [-0.3, -0.25) is 0 Å². The second-order valence-corrected chi connectivity index (χ2v) is 8.99. The summed E-state index contributed by atoms with van der Waals surface area (Å²) in [7, 11) is 0. The van der Waals surface area contributed by atoms with E-state index in [4.69, 9.17) is 9.47 Å². The predicted molar refractivity (Wildman–Crippen MR) is 129 cm³/mol. The van der Waals surface area contributed by atoms with Gasteiger partial charge in [-0.2, -0.15) is 5.26 Å². The number of carbonyl (C=O) groups excluding carboxylic acids is 1. The summed E-state index contributed by atoms with van der Waals surface area (Å²) >= 11 is 0. The summed E-state index contributed by atoms with van der Waals surface area (Å²) in [6.07, 6.45) is 0.357. The highest BCUT2D eigenvalue weighted by Crippen LogP contribution is 2.26. The van der Waals surface area contributed by atoms with Gasteiger partial charge in [0.1, 0.15) is 23.2 Å². The second-order valence-electron chi connectivity index (χ2n) is 8.99. The van der Waals surface area contributed by atoms with Gasteiger partial charge in [0.2, 0.25) is 0 Å². The van der Waals surface area contributed by atoms with Crippen LogP contribution in [0.2, 0.25) is 0 Å². The molecule has 3 aromatic carbocycles. The molecule has 1 amide bonds. The topological polar surface area (TPSA) is 62.6 Å². The molecule has 5 heteroatoms. The number of aryl methyl sites for hydroxylation is 1. The lowest BCUT2D eigenvalue weighted by molar-refractivity contribution is 0.0236. The summed E-state index contributed by atoms with van der Waals surface area (Å²) < 4.78 is 11.5. The molecular formula is C28H30N2O3. The predicted octanol–water partition coefficient (Wildman–Crippen LogP) is 6.64. The van der Waals surface area contributed by atoms with E-state index in [1.165, 1.54) is 0 Å². The Morgan fingerprint density at radius 3 is 2.30 bits per heavy atom. The summed E-state index contributed by atoms with van der Waals surface area (Å²) in [5.74, 6) is 1.21. The van der Waals surface area contributed by atoms with Gasteiger partial charge >= 0.3 is 6.09 Å². The zero-order valence-corrected chi connectivity index (χ0v) is 19.7. The molecule has 0 unspecified atom stereocenters. The molecule has 3 rings (SSSR count). The minimum Gasteiger partial charge on any atom is -0.456 e. The lowest BCUT2D eigenvalue weighted by atomic mass is 10.1. The van der Waals surface area contributed by atoms with Crippen LogP contribution in [0.15, 0.2) is 72.8 Å². The maximum Gasteiger partial charge on any atom is 0.410 e. The maximum absolute atomic E-state index is 12.8. The summed E-state index contributed by atoms with van der Waals surface area (Å²) in [6.45, 7) is 8.59. The van der Waals surface area contributed by atoms with Gasteiger partial charge in [-0.05, 0) is 75.1 Å². The first kappa shape index (κ1) is 23.9. The molecule has 0 radical (unpaired) electrons. The van der Waals surface area contributed by atoms with Crippen molar-refractivity contribution < 1.29 is 14.3 Å². The quantitative estimate of drug-likeness (QED) is 0.411. The molecule has 0 aliphatic heterocycles. The molecule has 170 valence electrons. The molecule has 0 bridgehead atoms. The first-order valence-corrected chi connectivity index (χ1v) is 11.0. The largest absolute Gasteiger partial charge is 0.456 e. The van der Waals surface area contributed by atoms with Crippen LogP contribution in [-0.4, -0.2) is 23.1 Å². The number of nitriles is 1. The van der Waals surface area contributed by atoms with Crippen molar-refractivity contribution in [2.75, 3.05) is 6.54 Å². The monoisotopic (exact) mass is 442 g/mol. The lowest BCUT2D eigenvalue weighted by Crippen LogP contribution is -2.37. The van der Waals surface area contributed by atoms with Crippen molar-refractivity contribution in [2.24, 2.45) is 0 Å². The van der Waals surface area contributed by atoms with Crippen molar-refractivity contribution in [3.8, 4) is 17.6 Å².